The zero-order valence-electron chi connectivity index (χ0n) is 8.68. The molecule has 0 fully saturated rings. The Hall–Kier alpha value is -1.23. The highest BCUT2D eigenvalue weighted by atomic mass is 32.2. The third kappa shape index (κ3) is 3.79. The maximum atomic E-state index is 8.51. The maximum absolute atomic E-state index is 8.51. The third-order valence-corrected chi connectivity index (χ3v) is 2.86. The minimum absolute atomic E-state index is 0.0490. The predicted octanol–water partition coefficient (Wildman–Crippen LogP) is 2.07. The van der Waals surface area contributed by atoms with E-state index in [2.05, 4.69) is 17.1 Å². The van der Waals surface area contributed by atoms with E-state index in [9.17, 15) is 0 Å². The fourth-order valence-electron chi connectivity index (χ4n) is 1.01. The monoisotopic (exact) mass is 225 g/mol. The Labute approximate surface area is 93.6 Å². The van der Waals surface area contributed by atoms with Crippen molar-refractivity contribution in [3.05, 3.63) is 23.9 Å². The van der Waals surface area contributed by atoms with E-state index in [-0.39, 0.29) is 5.84 Å². The lowest BCUT2D eigenvalue weighted by Crippen LogP contribution is -2.14. The van der Waals surface area contributed by atoms with Gasteiger partial charge >= 0.3 is 0 Å². The van der Waals surface area contributed by atoms with Crippen LogP contribution in [0.1, 0.15) is 25.5 Å². The molecule has 0 saturated heterocycles. The average Bonchev–Trinajstić information content (AvgIpc) is 2.29. The number of thioether (sulfide) groups is 1. The smallest absolute Gasteiger partial charge is 0.188 e. The number of aromatic nitrogens is 1. The quantitative estimate of drug-likeness (QED) is 0.201. The van der Waals surface area contributed by atoms with Crippen molar-refractivity contribution in [2.24, 2.45) is 10.9 Å². The molecule has 0 aliphatic carbocycles. The Morgan fingerprint density at radius 2 is 2.40 bits per heavy atom. The number of rotatable bonds is 5. The van der Waals surface area contributed by atoms with Crippen LogP contribution in [0.2, 0.25) is 0 Å². The highest BCUT2D eigenvalue weighted by Crippen LogP contribution is 2.16. The number of amidine groups is 1. The minimum Gasteiger partial charge on any atom is -0.409 e. The summed E-state index contributed by atoms with van der Waals surface area (Å²) in [5.74, 6) is 1.09. The molecule has 0 aliphatic rings. The second kappa shape index (κ2) is 6.29. The van der Waals surface area contributed by atoms with Gasteiger partial charge < -0.3 is 10.9 Å². The van der Waals surface area contributed by atoms with Crippen molar-refractivity contribution >= 4 is 17.6 Å². The number of hydrogen-bond acceptors (Lipinski definition) is 4. The first kappa shape index (κ1) is 11.8. The van der Waals surface area contributed by atoms with Gasteiger partial charge in [-0.3, -0.25) is 0 Å². The Morgan fingerprint density at radius 3 is 3.07 bits per heavy atom. The number of unbranched alkanes of at least 4 members (excludes halogenated alkanes) is 1. The summed E-state index contributed by atoms with van der Waals surface area (Å²) in [7, 11) is 0. The number of nitrogens with zero attached hydrogens (tertiary/aromatic N) is 2. The first-order chi connectivity index (χ1) is 7.27. The Bertz CT molecular complexity index is 341. The number of pyridine rings is 1. The van der Waals surface area contributed by atoms with Gasteiger partial charge in [-0.25, -0.2) is 4.98 Å². The van der Waals surface area contributed by atoms with Crippen LogP contribution in [0, 0.1) is 0 Å². The second-order valence-electron chi connectivity index (χ2n) is 3.05. The zero-order chi connectivity index (χ0) is 11.1. The molecule has 4 nitrogen and oxygen atoms in total. The van der Waals surface area contributed by atoms with Crippen LogP contribution in [0.4, 0.5) is 0 Å². The number of nitrogens with two attached hydrogens (primary N) is 1. The molecule has 1 heterocycles. The normalized spacial score (nSPS) is 11.7. The summed E-state index contributed by atoms with van der Waals surface area (Å²) in [5.41, 5.74) is 5.96. The molecule has 1 aromatic heterocycles. The van der Waals surface area contributed by atoms with Gasteiger partial charge in [0.25, 0.3) is 0 Å². The average molecular weight is 225 g/mol. The number of hydrogen-bond donors (Lipinski definition) is 2. The second-order valence-corrected chi connectivity index (χ2v) is 4.16. The largest absolute Gasteiger partial charge is 0.409 e. The molecule has 15 heavy (non-hydrogen) atoms. The molecule has 0 unspecified atom stereocenters. The third-order valence-electron chi connectivity index (χ3n) is 1.84. The predicted molar refractivity (Wildman–Crippen MR) is 62.4 cm³/mol. The summed E-state index contributed by atoms with van der Waals surface area (Å²) < 4.78 is 0. The molecule has 0 amide bonds. The van der Waals surface area contributed by atoms with Crippen LogP contribution in [0.3, 0.4) is 0 Å². The molecule has 0 atom stereocenters. The van der Waals surface area contributed by atoms with Gasteiger partial charge in [0.2, 0.25) is 0 Å². The summed E-state index contributed by atoms with van der Waals surface area (Å²) in [6.45, 7) is 2.15. The SMILES string of the molecule is CCCCSc1cccc(C(N)=NO)n1. The summed E-state index contributed by atoms with van der Waals surface area (Å²) in [4.78, 5) is 4.26. The summed E-state index contributed by atoms with van der Waals surface area (Å²) in [5, 5.41) is 12.3. The van der Waals surface area contributed by atoms with Crippen LogP contribution < -0.4 is 5.73 Å². The molecule has 0 saturated carbocycles. The van der Waals surface area contributed by atoms with Gasteiger partial charge in [0.1, 0.15) is 5.69 Å². The van der Waals surface area contributed by atoms with E-state index in [0.717, 1.165) is 10.8 Å². The molecule has 1 rings (SSSR count). The van der Waals surface area contributed by atoms with Crippen LogP contribution >= 0.6 is 11.8 Å². The van der Waals surface area contributed by atoms with Crippen LogP contribution in [0.5, 0.6) is 0 Å². The fraction of sp³-hybridized carbons (Fsp3) is 0.400. The van der Waals surface area contributed by atoms with Crippen LogP contribution in [-0.4, -0.2) is 21.8 Å². The van der Waals surface area contributed by atoms with Gasteiger partial charge in [0, 0.05) is 0 Å². The number of oxime groups is 1. The van der Waals surface area contributed by atoms with E-state index in [1.807, 2.05) is 12.1 Å². The topological polar surface area (TPSA) is 71.5 Å². The summed E-state index contributed by atoms with van der Waals surface area (Å²) >= 11 is 1.68. The van der Waals surface area contributed by atoms with Gasteiger partial charge in [-0.15, -0.1) is 11.8 Å². The lowest BCUT2D eigenvalue weighted by atomic mass is 10.3. The molecular weight excluding hydrogens is 210 g/mol. The molecule has 0 radical (unpaired) electrons. The van der Waals surface area contributed by atoms with Crippen molar-refractivity contribution in [2.75, 3.05) is 5.75 Å². The summed E-state index contributed by atoms with van der Waals surface area (Å²) in [6.07, 6.45) is 2.34. The lowest BCUT2D eigenvalue weighted by Gasteiger charge is -2.02. The highest BCUT2D eigenvalue weighted by molar-refractivity contribution is 7.99. The molecule has 3 N–H and O–H groups in total. The van der Waals surface area contributed by atoms with Crippen LogP contribution in [0.15, 0.2) is 28.4 Å². The molecule has 1 aromatic rings. The first-order valence-corrected chi connectivity index (χ1v) is 5.84. The molecule has 0 aromatic carbocycles. The van der Waals surface area contributed by atoms with Crippen LogP contribution in [-0.2, 0) is 0 Å². The Morgan fingerprint density at radius 1 is 1.60 bits per heavy atom. The van der Waals surface area contributed by atoms with Gasteiger partial charge in [0.05, 0.1) is 5.03 Å². The minimum atomic E-state index is 0.0490. The summed E-state index contributed by atoms with van der Waals surface area (Å²) in [6, 6.07) is 5.50. The molecular formula is C10H15N3OS. The van der Waals surface area contributed by atoms with Gasteiger partial charge in [0.15, 0.2) is 5.84 Å². The van der Waals surface area contributed by atoms with Gasteiger partial charge in [-0.05, 0) is 24.3 Å². The van der Waals surface area contributed by atoms with Crippen LogP contribution in [0.25, 0.3) is 0 Å². The molecule has 0 bridgehead atoms. The van der Waals surface area contributed by atoms with E-state index in [4.69, 9.17) is 10.9 Å². The van der Waals surface area contributed by atoms with Crippen molar-refractivity contribution in [1.82, 2.24) is 4.98 Å². The Kier molecular flexibility index (Phi) is 4.97. The lowest BCUT2D eigenvalue weighted by molar-refractivity contribution is 0.318. The zero-order valence-corrected chi connectivity index (χ0v) is 9.50. The first-order valence-electron chi connectivity index (χ1n) is 4.85. The maximum Gasteiger partial charge on any atom is 0.188 e. The van der Waals surface area contributed by atoms with Crippen molar-refractivity contribution in [2.45, 2.75) is 24.8 Å². The standard InChI is InChI=1S/C10H15N3OS/c1-2-3-7-15-9-6-4-5-8(12-9)10(11)13-14/h4-6,14H,2-3,7H2,1H3,(H2,11,13). The van der Waals surface area contributed by atoms with E-state index in [1.54, 1.807) is 17.8 Å². The van der Waals surface area contributed by atoms with E-state index in [1.165, 1.54) is 12.8 Å². The van der Waals surface area contributed by atoms with Crippen molar-refractivity contribution in [1.29, 1.82) is 0 Å². The molecule has 82 valence electrons. The van der Waals surface area contributed by atoms with Crippen molar-refractivity contribution in [3.63, 3.8) is 0 Å². The fourth-order valence-corrected chi connectivity index (χ4v) is 1.99. The van der Waals surface area contributed by atoms with E-state index in [0.29, 0.717) is 5.69 Å². The molecule has 0 spiro atoms. The van der Waals surface area contributed by atoms with Crippen molar-refractivity contribution < 1.29 is 5.21 Å². The Balaban J connectivity index is 2.66. The van der Waals surface area contributed by atoms with Crippen molar-refractivity contribution in [3.8, 4) is 0 Å². The van der Waals surface area contributed by atoms with Gasteiger partial charge in [-0.1, -0.05) is 24.6 Å². The molecule has 0 aliphatic heterocycles. The van der Waals surface area contributed by atoms with Gasteiger partial charge in [-0.2, -0.15) is 0 Å². The van der Waals surface area contributed by atoms with E-state index >= 15 is 0 Å². The highest BCUT2D eigenvalue weighted by Gasteiger charge is 2.02. The van der Waals surface area contributed by atoms with E-state index < -0.39 is 0 Å². The molecule has 5 heteroatoms.